The van der Waals surface area contributed by atoms with Gasteiger partial charge < -0.3 is 0 Å². The van der Waals surface area contributed by atoms with E-state index < -0.39 is 0 Å². The van der Waals surface area contributed by atoms with Crippen molar-refractivity contribution in [3.63, 3.8) is 0 Å². The first-order valence-corrected chi connectivity index (χ1v) is 3.91. The van der Waals surface area contributed by atoms with Crippen LogP contribution in [0.5, 0.6) is 0 Å². The van der Waals surface area contributed by atoms with Gasteiger partial charge in [0.05, 0.1) is 0 Å². The second kappa shape index (κ2) is 4.67. The predicted molar refractivity (Wildman–Crippen MR) is 43.0 cm³/mol. The van der Waals surface area contributed by atoms with Gasteiger partial charge in [-0.3, -0.25) is 4.90 Å². The predicted octanol–water partition coefficient (Wildman–Crippen LogP) is 2.07. The van der Waals surface area contributed by atoms with Gasteiger partial charge in [-0.1, -0.05) is 0 Å². The van der Waals surface area contributed by atoms with Crippen LogP contribution >= 0.6 is 0 Å². The summed E-state index contributed by atoms with van der Waals surface area (Å²) in [5, 5.41) is 0. The molecule has 0 aromatic rings. The van der Waals surface area contributed by atoms with Crippen molar-refractivity contribution in [2.75, 3.05) is 13.2 Å². The fourth-order valence-corrected chi connectivity index (χ4v) is 1.21. The van der Waals surface area contributed by atoms with Gasteiger partial charge in [-0.2, -0.15) is 0 Å². The molecule has 0 unspecified atom stereocenters. The molecule has 0 spiro atoms. The Hall–Kier alpha value is -0.110. The first kappa shape index (κ1) is 9.89. The fraction of sp³-hybridized carbons (Fsp3) is 1.00. The molecule has 0 bridgehead atoms. The smallest absolute Gasteiger partial charge is 0.102 e. The SMILES string of the molecule is CC(C)N(CCF)C(C)C. The molecular weight excluding hydrogens is 129 g/mol. The summed E-state index contributed by atoms with van der Waals surface area (Å²) in [5.74, 6) is 0. The van der Waals surface area contributed by atoms with Crippen molar-refractivity contribution in [2.24, 2.45) is 0 Å². The summed E-state index contributed by atoms with van der Waals surface area (Å²) in [7, 11) is 0. The van der Waals surface area contributed by atoms with Crippen LogP contribution in [0.25, 0.3) is 0 Å². The van der Waals surface area contributed by atoms with E-state index in [1.807, 2.05) is 0 Å². The van der Waals surface area contributed by atoms with Crippen molar-refractivity contribution in [3.05, 3.63) is 0 Å². The van der Waals surface area contributed by atoms with E-state index in [1.165, 1.54) is 0 Å². The summed E-state index contributed by atoms with van der Waals surface area (Å²) in [5.41, 5.74) is 0. The van der Waals surface area contributed by atoms with Crippen molar-refractivity contribution in [1.29, 1.82) is 0 Å². The van der Waals surface area contributed by atoms with E-state index in [2.05, 4.69) is 32.6 Å². The lowest BCUT2D eigenvalue weighted by Crippen LogP contribution is -2.38. The van der Waals surface area contributed by atoms with Crippen LogP contribution in [0.2, 0.25) is 0 Å². The Morgan fingerprint density at radius 1 is 1.10 bits per heavy atom. The molecule has 10 heavy (non-hydrogen) atoms. The number of nitrogens with zero attached hydrogens (tertiary/aromatic N) is 1. The lowest BCUT2D eigenvalue weighted by atomic mass is 10.2. The second-order valence-electron chi connectivity index (χ2n) is 3.11. The minimum atomic E-state index is -0.240. The number of rotatable bonds is 4. The molecule has 0 atom stereocenters. The Labute approximate surface area is 63.2 Å². The van der Waals surface area contributed by atoms with Crippen molar-refractivity contribution in [2.45, 2.75) is 39.8 Å². The largest absolute Gasteiger partial charge is 0.296 e. The molecular formula is C8H18FN. The molecule has 0 saturated carbocycles. The van der Waals surface area contributed by atoms with Crippen molar-refractivity contribution in [1.82, 2.24) is 4.90 Å². The third-order valence-corrected chi connectivity index (χ3v) is 1.67. The van der Waals surface area contributed by atoms with Gasteiger partial charge >= 0.3 is 0 Å². The molecule has 0 saturated heterocycles. The summed E-state index contributed by atoms with van der Waals surface area (Å²) < 4.78 is 11.9. The van der Waals surface area contributed by atoms with Crippen LogP contribution in [0.4, 0.5) is 4.39 Å². The second-order valence-corrected chi connectivity index (χ2v) is 3.11. The highest BCUT2D eigenvalue weighted by atomic mass is 19.1. The topological polar surface area (TPSA) is 3.24 Å². The monoisotopic (exact) mass is 147 g/mol. The lowest BCUT2D eigenvalue weighted by molar-refractivity contribution is 0.161. The van der Waals surface area contributed by atoms with Gasteiger partial charge in [-0.05, 0) is 27.7 Å². The van der Waals surface area contributed by atoms with Gasteiger partial charge in [0.25, 0.3) is 0 Å². The van der Waals surface area contributed by atoms with E-state index >= 15 is 0 Å². The van der Waals surface area contributed by atoms with Gasteiger partial charge in [0.1, 0.15) is 6.67 Å². The number of alkyl halides is 1. The zero-order chi connectivity index (χ0) is 8.15. The Morgan fingerprint density at radius 3 is 1.60 bits per heavy atom. The molecule has 1 nitrogen and oxygen atoms in total. The van der Waals surface area contributed by atoms with E-state index in [4.69, 9.17) is 0 Å². The maximum absolute atomic E-state index is 11.9. The lowest BCUT2D eigenvalue weighted by Gasteiger charge is -2.29. The van der Waals surface area contributed by atoms with Gasteiger partial charge in [0.2, 0.25) is 0 Å². The Bertz CT molecular complexity index is 73.3. The molecule has 0 N–H and O–H groups in total. The maximum atomic E-state index is 11.9. The molecule has 0 aromatic carbocycles. The summed E-state index contributed by atoms with van der Waals surface area (Å²) in [6.45, 7) is 8.70. The molecule has 0 rings (SSSR count). The highest BCUT2D eigenvalue weighted by Crippen LogP contribution is 2.03. The molecule has 0 fully saturated rings. The van der Waals surface area contributed by atoms with Crippen molar-refractivity contribution in [3.8, 4) is 0 Å². The molecule has 0 amide bonds. The minimum Gasteiger partial charge on any atom is -0.296 e. The van der Waals surface area contributed by atoms with Crippen LogP contribution in [-0.2, 0) is 0 Å². The molecule has 0 aliphatic rings. The first-order valence-electron chi connectivity index (χ1n) is 3.91. The average molecular weight is 147 g/mol. The quantitative estimate of drug-likeness (QED) is 0.588. The molecule has 62 valence electrons. The third kappa shape index (κ3) is 3.16. The van der Waals surface area contributed by atoms with E-state index in [9.17, 15) is 4.39 Å². The van der Waals surface area contributed by atoms with Gasteiger partial charge in [0.15, 0.2) is 0 Å². The Balaban J connectivity index is 3.73. The van der Waals surface area contributed by atoms with E-state index in [0.29, 0.717) is 18.6 Å². The zero-order valence-electron chi connectivity index (χ0n) is 7.39. The number of hydrogen-bond donors (Lipinski definition) is 0. The Morgan fingerprint density at radius 2 is 1.50 bits per heavy atom. The Kier molecular flexibility index (Phi) is 4.62. The van der Waals surface area contributed by atoms with Crippen LogP contribution in [0.3, 0.4) is 0 Å². The molecule has 0 heterocycles. The maximum Gasteiger partial charge on any atom is 0.102 e. The van der Waals surface area contributed by atoms with Crippen LogP contribution in [-0.4, -0.2) is 30.2 Å². The number of halogens is 1. The summed E-state index contributed by atoms with van der Waals surface area (Å²) >= 11 is 0. The molecule has 0 aliphatic carbocycles. The van der Waals surface area contributed by atoms with Crippen LogP contribution < -0.4 is 0 Å². The van der Waals surface area contributed by atoms with E-state index in [1.54, 1.807) is 0 Å². The van der Waals surface area contributed by atoms with Crippen molar-refractivity contribution < 1.29 is 4.39 Å². The van der Waals surface area contributed by atoms with Crippen LogP contribution in [0.15, 0.2) is 0 Å². The first-order chi connectivity index (χ1) is 4.59. The van der Waals surface area contributed by atoms with Crippen LogP contribution in [0, 0.1) is 0 Å². The minimum absolute atomic E-state index is 0.240. The zero-order valence-corrected chi connectivity index (χ0v) is 7.39. The molecule has 2 heteroatoms. The van der Waals surface area contributed by atoms with E-state index in [0.717, 1.165) is 0 Å². The van der Waals surface area contributed by atoms with Crippen LogP contribution in [0.1, 0.15) is 27.7 Å². The molecule has 0 aliphatic heterocycles. The molecule has 0 radical (unpaired) electrons. The van der Waals surface area contributed by atoms with Gasteiger partial charge in [0, 0.05) is 18.6 Å². The highest BCUT2D eigenvalue weighted by molar-refractivity contribution is 4.65. The van der Waals surface area contributed by atoms with E-state index in [-0.39, 0.29) is 6.67 Å². The van der Waals surface area contributed by atoms with Gasteiger partial charge in [-0.15, -0.1) is 0 Å². The average Bonchev–Trinajstić information content (AvgIpc) is 1.81. The number of hydrogen-bond acceptors (Lipinski definition) is 1. The third-order valence-electron chi connectivity index (χ3n) is 1.67. The normalized spacial score (nSPS) is 12.0. The van der Waals surface area contributed by atoms with Gasteiger partial charge in [-0.25, -0.2) is 4.39 Å². The highest BCUT2D eigenvalue weighted by Gasteiger charge is 2.11. The molecule has 0 aromatic heterocycles. The summed E-state index contributed by atoms with van der Waals surface area (Å²) in [6, 6.07) is 0.909. The fourth-order valence-electron chi connectivity index (χ4n) is 1.21. The summed E-state index contributed by atoms with van der Waals surface area (Å²) in [4.78, 5) is 2.14. The standard InChI is InChI=1S/C8H18FN/c1-7(2)10(6-5-9)8(3)4/h7-8H,5-6H2,1-4H3. The summed E-state index contributed by atoms with van der Waals surface area (Å²) in [6.07, 6.45) is 0. The van der Waals surface area contributed by atoms with Crippen molar-refractivity contribution >= 4 is 0 Å².